The molecule has 2 aromatic heterocycles. The van der Waals surface area contributed by atoms with Crippen LogP contribution in [0.4, 0.5) is 11.5 Å². The van der Waals surface area contributed by atoms with E-state index >= 15 is 0 Å². The fraction of sp³-hybridized carbons (Fsp3) is 0.0909. The minimum atomic E-state index is -0.548. The number of ether oxygens (including phenoxy) is 1. The van der Waals surface area contributed by atoms with Crippen LogP contribution in [-0.4, -0.2) is 20.6 Å². The van der Waals surface area contributed by atoms with Crippen molar-refractivity contribution in [1.29, 1.82) is 0 Å². The molecule has 168 valence electrons. The van der Waals surface area contributed by atoms with E-state index < -0.39 is 10.8 Å². The molecule has 0 saturated heterocycles. The van der Waals surface area contributed by atoms with E-state index in [9.17, 15) is 14.9 Å². The van der Waals surface area contributed by atoms with Gasteiger partial charge in [-0.2, -0.15) is 5.10 Å². The Morgan fingerprint density at radius 3 is 2.64 bits per heavy atom. The Balaban J connectivity index is 1.33. The van der Waals surface area contributed by atoms with Crippen molar-refractivity contribution < 1.29 is 18.9 Å². The van der Waals surface area contributed by atoms with Gasteiger partial charge in [0.15, 0.2) is 11.6 Å². The summed E-state index contributed by atoms with van der Waals surface area (Å²) in [5, 5.41) is 18.5. The van der Waals surface area contributed by atoms with Gasteiger partial charge in [0.25, 0.3) is 11.6 Å². The molecule has 1 N–H and O–H groups in total. The molecule has 0 aliphatic rings. The second kappa shape index (κ2) is 9.76. The van der Waals surface area contributed by atoms with Crippen LogP contribution in [-0.2, 0) is 13.2 Å². The molecule has 33 heavy (non-hydrogen) atoms. The maximum absolute atomic E-state index is 12.5. The van der Waals surface area contributed by atoms with Gasteiger partial charge in [-0.15, -0.1) is 0 Å². The first kappa shape index (κ1) is 22.4. The summed E-state index contributed by atoms with van der Waals surface area (Å²) in [5.41, 5.74) is 0.879. The molecule has 0 unspecified atom stereocenters. The molecule has 2 aromatic carbocycles. The Kier molecular flexibility index (Phi) is 6.62. The summed E-state index contributed by atoms with van der Waals surface area (Å²) in [6.45, 7) is 0.515. The number of nitrogens with one attached hydrogen (secondary N) is 1. The third-order valence-electron chi connectivity index (χ3n) is 4.52. The summed E-state index contributed by atoms with van der Waals surface area (Å²) in [6, 6.07) is 16.1. The summed E-state index contributed by atoms with van der Waals surface area (Å²) in [4.78, 5) is 22.7. The highest BCUT2D eigenvalue weighted by Crippen LogP contribution is 2.29. The largest absolute Gasteiger partial charge is 0.484 e. The fourth-order valence-electron chi connectivity index (χ4n) is 2.92. The van der Waals surface area contributed by atoms with Crippen molar-refractivity contribution in [1.82, 2.24) is 9.78 Å². The lowest BCUT2D eigenvalue weighted by molar-refractivity contribution is -0.384. The highest BCUT2D eigenvalue weighted by Gasteiger charge is 2.15. The molecule has 0 bridgehead atoms. The second-order valence-electron chi connectivity index (χ2n) is 6.91. The SMILES string of the molecule is O=C(Nc1ccn(Cc2ccc(Cl)cc2)n1)c1ccc(COc2ccc([N+](=O)[O-])cc2Cl)o1. The normalized spacial score (nSPS) is 10.7. The zero-order valence-corrected chi connectivity index (χ0v) is 18.4. The van der Waals surface area contributed by atoms with Gasteiger partial charge in [-0.3, -0.25) is 19.6 Å². The number of benzene rings is 2. The minimum absolute atomic E-state index is 0.0134. The smallest absolute Gasteiger partial charge is 0.292 e. The number of furan rings is 1. The van der Waals surface area contributed by atoms with Crippen LogP contribution in [0, 0.1) is 10.1 Å². The molecule has 0 fully saturated rings. The minimum Gasteiger partial charge on any atom is -0.484 e. The Morgan fingerprint density at radius 1 is 1.12 bits per heavy atom. The molecule has 4 rings (SSSR count). The number of nitro groups is 1. The van der Waals surface area contributed by atoms with E-state index in [1.54, 1.807) is 35.1 Å². The molecular weight excluding hydrogens is 471 g/mol. The maximum atomic E-state index is 12.5. The highest BCUT2D eigenvalue weighted by molar-refractivity contribution is 6.32. The first-order chi connectivity index (χ1) is 15.9. The van der Waals surface area contributed by atoms with Crippen molar-refractivity contribution >= 4 is 40.6 Å². The van der Waals surface area contributed by atoms with Gasteiger partial charge < -0.3 is 14.5 Å². The van der Waals surface area contributed by atoms with Gasteiger partial charge in [0.05, 0.1) is 16.5 Å². The molecule has 0 aliphatic heterocycles. The number of aromatic nitrogens is 2. The molecule has 0 radical (unpaired) electrons. The van der Waals surface area contributed by atoms with E-state index in [4.69, 9.17) is 32.4 Å². The molecular formula is C22H16Cl2N4O5. The Labute approximate surface area is 197 Å². The van der Waals surface area contributed by atoms with Crippen LogP contribution < -0.4 is 10.1 Å². The van der Waals surface area contributed by atoms with Gasteiger partial charge in [-0.1, -0.05) is 35.3 Å². The van der Waals surface area contributed by atoms with Crippen molar-refractivity contribution in [3.63, 3.8) is 0 Å². The second-order valence-corrected chi connectivity index (χ2v) is 7.75. The lowest BCUT2D eigenvalue weighted by Crippen LogP contribution is -2.12. The van der Waals surface area contributed by atoms with E-state index in [-0.39, 0.29) is 28.8 Å². The van der Waals surface area contributed by atoms with Crippen LogP contribution >= 0.6 is 23.2 Å². The summed E-state index contributed by atoms with van der Waals surface area (Å²) < 4.78 is 12.7. The van der Waals surface area contributed by atoms with Crippen molar-refractivity contribution in [3.05, 3.63) is 104 Å². The standard InChI is InChI=1S/C22H16Cl2N4O5/c23-15-3-1-14(2-4-15)12-27-10-9-21(26-27)25-22(29)20-8-6-17(33-20)13-32-19-7-5-16(28(30)31)11-18(19)24/h1-11H,12-13H2,(H,25,26,29). The molecule has 0 aliphatic carbocycles. The van der Waals surface area contributed by atoms with E-state index in [0.717, 1.165) is 5.56 Å². The number of carbonyl (C=O) groups is 1. The van der Waals surface area contributed by atoms with Crippen molar-refractivity contribution in [3.8, 4) is 5.75 Å². The Morgan fingerprint density at radius 2 is 1.91 bits per heavy atom. The Hall–Kier alpha value is -3.82. The number of anilines is 1. The highest BCUT2D eigenvalue weighted by atomic mass is 35.5. The lowest BCUT2D eigenvalue weighted by Gasteiger charge is -2.06. The number of amides is 1. The average molecular weight is 487 g/mol. The van der Waals surface area contributed by atoms with Crippen LogP contribution in [0.3, 0.4) is 0 Å². The maximum Gasteiger partial charge on any atom is 0.292 e. The van der Waals surface area contributed by atoms with Crippen molar-refractivity contribution in [2.24, 2.45) is 0 Å². The number of non-ortho nitro benzene ring substituents is 1. The van der Waals surface area contributed by atoms with Gasteiger partial charge in [-0.05, 0) is 35.9 Å². The predicted octanol–water partition coefficient (Wildman–Crippen LogP) is 5.57. The van der Waals surface area contributed by atoms with Gasteiger partial charge in [0.1, 0.15) is 18.1 Å². The molecule has 0 spiro atoms. The van der Waals surface area contributed by atoms with Gasteiger partial charge in [-0.25, -0.2) is 0 Å². The number of carbonyl (C=O) groups excluding carboxylic acids is 1. The molecule has 9 nitrogen and oxygen atoms in total. The fourth-order valence-corrected chi connectivity index (χ4v) is 3.27. The topological polar surface area (TPSA) is 112 Å². The van der Waals surface area contributed by atoms with Crippen molar-refractivity contribution in [2.75, 3.05) is 5.32 Å². The van der Waals surface area contributed by atoms with Crippen molar-refractivity contribution in [2.45, 2.75) is 13.2 Å². The number of rotatable bonds is 8. The summed E-state index contributed by atoms with van der Waals surface area (Å²) in [7, 11) is 0. The van der Waals surface area contributed by atoms with E-state index in [1.165, 1.54) is 24.3 Å². The Bertz CT molecular complexity index is 1300. The number of hydrogen-bond acceptors (Lipinski definition) is 6. The molecule has 4 aromatic rings. The molecule has 0 atom stereocenters. The van der Waals surface area contributed by atoms with E-state index in [0.29, 0.717) is 23.1 Å². The van der Waals surface area contributed by atoms with Crippen LogP contribution in [0.15, 0.2) is 71.3 Å². The number of hydrogen-bond donors (Lipinski definition) is 1. The van der Waals surface area contributed by atoms with E-state index in [1.807, 2.05) is 12.1 Å². The summed E-state index contributed by atoms with van der Waals surface area (Å²) >= 11 is 11.9. The third-order valence-corrected chi connectivity index (χ3v) is 5.07. The summed E-state index contributed by atoms with van der Waals surface area (Å²) in [5.74, 6) is 0.626. The molecule has 0 saturated carbocycles. The van der Waals surface area contributed by atoms with Crippen LogP contribution in [0.5, 0.6) is 5.75 Å². The van der Waals surface area contributed by atoms with Gasteiger partial charge in [0, 0.05) is 29.4 Å². The average Bonchev–Trinajstić information content (AvgIpc) is 3.44. The van der Waals surface area contributed by atoms with E-state index in [2.05, 4.69) is 10.4 Å². The van der Waals surface area contributed by atoms with Crippen LogP contribution in [0.25, 0.3) is 0 Å². The van der Waals surface area contributed by atoms with Gasteiger partial charge in [0.2, 0.25) is 0 Å². The molecule has 2 heterocycles. The first-order valence-electron chi connectivity index (χ1n) is 9.62. The number of nitrogens with zero attached hydrogens (tertiary/aromatic N) is 3. The van der Waals surface area contributed by atoms with Gasteiger partial charge >= 0.3 is 0 Å². The zero-order chi connectivity index (χ0) is 23.4. The quantitative estimate of drug-likeness (QED) is 0.257. The van der Waals surface area contributed by atoms with Crippen LogP contribution in [0.2, 0.25) is 10.0 Å². The monoisotopic (exact) mass is 486 g/mol. The lowest BCUT2D eigenvalue weighted by atomic mass is 10.2. The summed E-state index contributed by atoms with van der Waals surface area (Å²) in [6.07, 6.45) is 1.75. The third kappa shape index (κ3) is 5.71. The predicted molar refractivity (Wildman–Crippen MR) is 122 cm³/mol. The first-order valence-corrected chi connectivity index (χ1v) is 10.4. The number of nitro benzene ring substituents is 1. The molecule has 1 amide bonds. The number of halogens is 2. The molecule has 11 heteroatoms. The zero-order valence-electron chi connectivity index (χ0n) is 16.9. The van der Waals surface area contributed by atoms with Crippen LogP contribution in [0.1, 0.15) is 21.9 Å².